The number of rotatable bonds is 7. The van der Waals surface area contributed by atoms with E-state index in [1.165, 1.54) is 30.8 Å². The van der Waals surface area contributed by atoms with Crippen LogP contribution in [0.3, 0.4) is 0 Å². The minimum Gasteiger partial charge on any atom is -0.326 e. The van der Waals surface area contributed by atoms with Crippen LogP contribution < -0.4 is 16.0 Å². The van der Waals surface area contributed by atoms with Crippen molar-refractivity contribution in [3.05, 3.63) is 58.1 Å². The number of nitrogens with zero attached hydrogens (tertiary/aromatic N) is 2. The zero-order chi connectivity index (χ0) is 22.4. The highest BCUT2D eigenvalue weighted by Gasteiger charge is 2.14. The number of thioether (sulfide) groups is 1. The number of halogens is 2. The van der Waals surface area contributed by atoms with Crippen LogP contribution in [0.2, 0.25) is 10.0 Å². The van der Waals surface area contributed by atoms with E-state index >= 15 is 0 Å². The summed E-state index contributed by atoms with van der Waals surface area (Å²) in [6.45, 7) is 1.41. The molecule has 8 nitrogen and oxygen atoms in total. The standard InChI is InChI=1S/C19H15Cl2N5O3S2/c1-10(27)22-12-3-2-4-13(8-12)23-16(28)9-30-19-26-25-18(31-19)24-17(29)14-6-5-11(20)7-15(14)21/h2-8H,9H2,1H3,(H,22,27)(H,23,28)(H,24,25,29). The second-order valence-electron chi connectivity index (χ2n) is 6.05. The molecule has 1 aromatic heterocycles. The molecule has 0 spiro atoms. The summed E-state index contributed by atoms with van der Waals surface area (Å²) in [6.07, 6.45) is 0. The number of anilines is 3. The van der Waals surface area contributed by atoms with Crippen LogP contribution in [0.4, 0.5) is 16.5 Å². The first-order chi connectivity index (χ1) is 14.8. The summed E-state index contributed by atoms with van der Waals surface area (Å²) in [7, 11) is 0. The lowest BCUT2D eigenvalue weighted by Gasteiger charge is -2.07. The Labute approximate surface area is 195 Å². The summed E-state index contributed by atoms with van der Waals surface area (Å²) in [5.41, 5.74) is 1.40. The number of hydrogen-bond acceptors (Lipinski definition) is 7. The molecular weight excluding hydrogens is 481 g/mol. The van der Waals surface area contributed by atoms with Gasteiger partial charge in [-0.15, -0.1) is 10.2 Å². The molecule has 0 atom stereocenters. The fraction of sp³-hybridized carbons (Fsp3) is 0.105. The monoisotopic (exact) mass is 495 g/mol. The summed E-state index contributed by atoms with van der Waals surface area (Å²) >= 11 is 14.2. The molecule has 0 aliphatic carbocycles. The van der Waals surface area contributed by atoms with Crippen molar-refractivity contribution in [1.29, 1.82) is 0 Å². The predicted molar refractivity (Wildman–Crippen MR) is 124 cm³/mol. The number of hydrogen-bond donors (Lipinski definition) is 3. The van der Waals surface area contributed by atoms with Crippen LogP contribution in [-0.4, -0.2) is 33.7 Å². The van der Waals surface area contributed by atoms with Crippen LogP contribution in [0, 0.1) is 0 Å². The first kappa shape index (κ1) is 23.0. The number of amides is 3. The molecule has 2 aromatic carbocycles. The number of carbonyl (C=O) groups is 3. The van der Waals surface area contributed by atoms with Gasteiger partial charge >= 0.3 is 0 Å². The SMILES string of the molecule is CC(=O)Nc1cccc(NC(=O)CSc2nnc(NC(=O)c3ccc(Cl)cc3Cl)s2)c1. The first-order valence-electron chi connectivity index (χ1n) is 8.70. The normalized spacial score (nSPS) is 10.4. The maximum absolute atomic E-state index is 12.3. The molecule has 3 aromatic rings. The maximum atomic E-state index is 12.3. The van der Waals surface area contributed by atoms with E-state index in [9.17, 15) is 14.4 Å². The van der Waals surface area contributed by atoms with Gasteiger partial charge in [0.2, 0.25) is 16.9 Å². The van der Waals surface area contributed by atoms with Gasteiger partial charge in [0.05, 0.1) is 16.3 Å². The van der Waals surface area contributed by atoms with Crippen LogP contribution in [0.25, 0.3) is 0 Å². The molecule has 1 heterocycles. The fourth-order valence-corrected chi connectivity index (χ4v) is 4.40. The number of benzene rings is 2. The number of nitrogens with one attached hydrogen (secondary N) is 3. The zero-order valence-corrected chi connectivity index (χ0v) is 19.1. The summed E-state index contributed by atoms with van der Waals surface area (Å²) in [6, 6.07) is 11.4. The van der Waals surface area contributed by atoms with Crippen LogP contribution in [-0.2, 0) is 9.59 Å². The summed E-state index contributed by atoms with van der Waals surface area (Å²) in [4.78, 5) is 35.7. The van der Waals surface area contributed by atoms with Gasteiger partial charge in [0.25, 0.3) is 5.91 Å². The molecule has 0 unspecified atom stereocenters. The fourth-order valence-electron chi connectivity index (χ4n) is 2.36. The second kappa shape index (κ2) is 10.6. The Kier molecular flexibility index (Phi) is 7.85. The zero-order valence-electron chi connectivity index (χ0n) is 15.9. The van der Waals surface area contributed by atoms with Crippen LogP contribution >= 0.6 is 46.3 Å². The third-order valence-corrected chi connectivity index (χ3v) is 6.12. The molecule has 3 amide bonds. The minimum absolute atomic E-state index is 0.0932. The third kappa shape index (κ3) is 6.93. The summed E-state index contributed by atoms with van der Waals surface area (Å²) in [5.74, 6) is -0.794. The maximum Gasteiger partial charge on any atom is 0.259 e. The predicted octanol–water partition coefficient (Wildman–Crippen LogP) is 4.79. The highest BCUT2D eigenvalue weighted by Crippen LogP contribution is 2.27. The molecule has 160 valence electrons. The molecule has 0 fully saturated rings. The average molecular weight is 496 g/mol. The Morgan fingerprint density at radius 2 is 1.74 bits per heavy atom. The molecule has 31 heavy (non-hydrogen) atoms. The minimum atomic E-state index is -0.439. The van der Waals surface area contributed by atoms with E-state index in [0.29, 0.717) is 20.7 Å². The van der Waals surface area contributed by atoms with E-state index in [0.717, 1.165) is 11.3 Å². The van der Waals surface area contributed by atoms with Gasteiger partial charge in [0.1, 0.15) is 0 Å². The quantitative estimate of drug-likeness (QED) is 0.320. The lowest BCUT2D eigenvalue weighted by molar-refractivity contribution is -0.114. The Hall–Kier alpha value is -2.66. The van der Waals surface area contributed by atoms with Crippen molar-refractivity contribution in [1.82, 2.24) is 10.2 Å². The van der Waals surface area contributed by atoms with E-state index in [1.807, 2.05) is 0 Å². The van der Waals surface area contributed by atoms with Crippen molar-refractivity contribution < 1.29 is 14.4 Å². The van der Waals surface area contributed by atoms with Crippen LogP contribution in [0.5, 0.6) is 0 Å². The largest absolute Gasteiger partial charge is 0.326 e. The van der Waals surface area contributed by atoms with Gasteiger partial charge in [-0.2, -0.15) is 0 Å². The van der Waals surface area contributed by atoms with E-state index in [2.05, 4.69) is 26.1 Å². The van der Waals surface area contributed by atoms with Crippen LogP contribution in [0.15, 0.2) is 46.8 Å². The molecular formula is C19H15Cl2N5O3S2. The van der Waals surface area contributed by atoms with Crippen molar-refractivity contribution in [2.45, 2.75) is 11.3 Å². The third-order valence-electron chi connectivity index (χ3n) is 3.60. The highest BCUT2D eigenvalue weighted by molar-refractivity contribution is 8.01. The van der Waals surface area contributed by atoms with Crippen molar-refractivity contribution in [2.24, 2.45) is 0 Å². The second-order valence-corrected chi connectivity index (χ2v) is 9.09. The van der Waals surface area contributed by atoms with Gasteiger partial charge < -0.3 is 10.6 Å². The Morgan fingerprint density at radius 3 is 2.45 bits per heavy atom. The average Bonchev–Trinajstić information content (AvgIpc) is 3.13. The van der Waals surface area contributed by atoms with E-state index in [-0.39, 0.29) is 33.3 Å². The van der Waals surface area contributed by atoms with Crippen molar-refractivity contribution in [2.75, 3.05) is 21.7 Å². The van der Waals surface area contributed by atoms with E-state index < -0.39 is 5.91 Å². The molecule has 0 saturated carbocycles. The Morgan fingerprint density at radius 1 is 1.00 bits per heavy atom. The van der Waals surface area contributed by atoms with Gasteiger partial charge in [0.15, 0.2) is 4.34 Å². The number of carbonyl (C=O) groups excluding carboxylic acids is 3. The lowest BCUT2D eigenvalue weighted by Crippen LogP contribution is -2.14. The molecule has 0 radical (unpaired) electrons. The van der Waals surface area contributed by atoms with E-state index in [1.54, 1.807) is 30.3 Å². The van der Waals surface area contributed by atoms with Gasteiger partial charge in [-0.05, 0) is 36.4 Å². The van der Waals surface area contributed by atoms with Crippen LogP contribution in [0.1, 0.15) is 17.3 Å². The lowest BCUT2D eigenvalue weighted by atomic mass is 10.2. The topological polar surface area (TPSA) is 113 Å². The van der Waals surface area contributed by atoms with Crippen molar-refractivity contribution >= 4 is 80.5 Å². The molecule has 0 saturated heterocycles. The van der Waals surface area contributed by atoms with Crippen molar-refractivity contribution in [3.8, 4) is 0 Å². The van der Waals surface area contributed by atoms with Gasteiger partial charge in [0, 0.05) is 23.3 Å². The first-order valence-corrected chi connectivity index (χ1v) is 11.3. The Balaban J connectivity index is 1.52. The smallest absolute Gasteiger partial charge is 0.259 e. The summed E-state index contributed by atoms with van der Waals surface area (Å²) in [5, 5.41) is 16.8. The van der Waals surface area contributed by atoms with Crippen molar-refractivity contribution in [3.63, 3.8) is 0 Å². The summed E-state index contributed by atoms with van der Waals surface area (Å²) < 4.78 is 0.514. The molecule has 0 aliphatic heterocycles. The molecule has 0 aliphatic rings. The van der Waals surface area contributed by atoms with Gasteiger partial charge in [-0.1, -0.05) is 52.4 Å². The molecule has 3 rings (SSSR count). The highest BCUT2D eigenvalue weighted by atomic mass is 35.5. The molecule has 0 bridgehead atoms. The molecule has 12 heteroatoms. The van der Waals surface area contributed by atoms with E-state index in [4.69, 9.17) is 23.2 Å². The van der Waals surface area contributed by atoms with Gasteiger partial charge in [-0.3, -0.25) is 19.7 Å². The number of aromatic nitrogens is 2. The molecule has 3 N–H and O–H groups in total. The van der Waals surface area contributed by atoms with Gasteiger partial charge in [-0.25, -0.2) is 0 Å². The Bertz CT molecular complexity index is 1140.